The fraction of sp³-hybridized carbons (Fsp3) is 0.250. The summed E-state index contributed by atoms with van der Waals surface area (Å²) in [6, 6.07) is 5.61. The summed E-state index contributed by atoms with van der Waals surface area (Å²) in [5.74, 6) is -0.227. The SMILES string of the molecule is Cc1ccc(C)c2oc(C(=O)NNCOO)cc12. The fourth-order valence-corrected chi connectivity index (χ4v) is 1.71. The number of hydrogen-bond donors (Lipinski definition) is 3. The maximum atomic E-state index is 11.7. The number of furan rings is 1. The van der Waals surface area contributed by atoms with E-state index in [1.54, 1.807) is 6.07 Å². The topological polar surface area (TPSA) is 83.7 Å². The highest BCUT2D eigenvalue weighted by Gasteiger charge is 2.14. The van der Waals surface area contributed by atoms with Gasteiger partial charge in [0.1, 0.15) is 12.3 Å². The molecule has 6 nitrogen and oxygen atoms in total. The van der Waals surface area contributed by atoms with Crippen LogP contribution in [0.15, 0.2) is 22.6 Å². The van der Waals surface area contributed by atoms with Crippen molar-refractivity contribution in [3.8, 4) is 0 Å². The number of carbonyl (C=O) groups is 1. The van der Waals surface area contributed by atoms with E-state index in [4.69, 9.17) is 9.67 Å². The molecule has 3 N–H and O–H groups in total. The third-order valence-electron chi connectivity index (χ3n) is 2.66. The third-order valence-corrected chi connectivity index (χ3v) is 2.66. The molecule has 1 aromatic carbocycles. The van der Waals surface area contributed by atoms with Gasteiger partial charge < -0.3 is 4.42 Å². The number of hydrogen-bond acceptors (Lipinski definition) is 5. The second-order valence-electron chi connectivity index (χ2n) is 3.96. The van der Waals surface area contributed by atoms with Crippen LogP contribution in [0.2, 0.25) is 0 Å². The Hall–Kier alpha value is -1.89. The summed E-state index contributed by atoms with van der Waals surface area (Å²) in [5.41, 5.74) is 7.43. The van der Waals surface area contributed by atoms with E-state index in [1.807, 2.05) is 26.0 Å². The molecule has 0 spiro atoms. The van der Waals surface area contributed by atoms with Gasteiger partial charge in [0, 0.05) is 5.39 Å². The minimum absolute atomic E-state index is 0.202. The lowest BCUT2D eigenvalue weighted by molar-refractivity contribution is -0.248. The molecule has 1 aromatic heterocycles. The van der Waals surface area contributed by atoms with Crippen molar-refractivity contribution in [2.24, 2.45) is 0 Å². The molecule has 0 aliphatic rings. The molecule has 96 valence electrons. The van der Waals surface area contributed by atoms with Crippen LogP contribution in [0.4, 0.5) is 0 Å². The van der Waals surface area contributed by atoms with Gasteiger partial charge in [0.2, 0.25) is 0 Å². The highest BCUT2D eigenvalue weighted by molar-refractivity contribution is 5.97. The Labute approximate surface area is 103 Å². The van der Waals surface area contributed by atoms with E-state index in [1.165, 1.54) is 0 Å². The molecule has 0 aliphatic heterocycles. The van der Waals surface area contributed by atoms with Crippen molar-refractivity contribution in [3.05, 3.63) is 35.1 Å². The van der Waals surface area contributed by atoms with Crippen molar-refractivity contribution in [1.29, 1.82) is 0 Å². The van der Waals surface area contributed by atoms with Crippen molar-refractivity contribution in [2.75, 3.05) is 6.73 Å². The molecule has 0 radical (unpaired) electrons. The first kappa shape index (κ1) is 12.6. The van der Waals surface area contributed by atoms with Crippen LogP contribution in [-0.4, -0.2) is 17.9 Å². The van der Waals surface area contributed by atoms with Crippen LogP contribution in [0, 0.1) is 13.8 Å². The molecule has 0 aliphatic carbocycles. The van der Waals surface area contributed by atoms with Crippen molar-refractivity contribution >= 4 is 16.9 Å². The summed E-state index contributed by atoms with van der Waals surface area (Å²) in [7, 11) is 0. The van der Waals surface area contributed by atoms with E-state index in [0.29, 0.717) is 5.58 Å². The van der Waals surface area contributed by atoms with Gasteiger partial charge in [0.15, 0.2) is 5.76 Å². The minimum Gasteiger partial charge on any atom is -0.451 e. The fourth-order valence-electron chi connectivity index (χ4n) is 1.71. The van der Waals surface area contributed by atoms with Gasteiger partial charge in [-0.05, 0) is 31.0 Å². The van der Waals surface area contributed by atoms with Gasteiger partial charge in [-0.15, -0.1) is 0 Å². The minimum atomic E-state index is -0.429. The summed E-state index contributed by atoms with van der Waals surface area (Å²) in [4.78, 5) is 15.5. The quantitative estimate of drug-likeness (QED) is 0.333. The van der Waals surface area contributed by atoms with Gasteiger partial charge >= 0.3 is 5.91 Å². The van der Waals surface area contributed by atoms with Crippen LogP contribution in [0.1, 0.15) is 21.7 Å². The van der Waals surface area contributed by atoms with Gasteiger partial charge in [0.05, 0.1) is 0 Å². The summed E-state index contributed by atoms with van der Waals surface area (Å²) in [6.45, 7) is 3.67. The van der Waals surface area contributed by atoms with Crippen LogP contribution in [0.3, 0.4) is 0 Å². The van der Waals surface area contributed by atoms with E-state index in [0.717, 1.165) is 16.5 Å². The first-order valence-electron chi connectivity index (χ1n) is 5.43. The molecule has 0 atom stereocenters. The Bertz CT molecular complexity index is 538. The van der Waals surface area contributed by atoms with Crippen molar-refractivity contribution in [3.63, 3.8) is 0 Å². The molecule has 18 heavy (non-hydrogen) atoms. The van der Waals surface area contributed by atoms with E-state index >= 15 is 0 Å². The van der Waals surface area contributed by atoms with E-state index in [9.17, 15) is 4.79 Å². The Morgan fingerprint density at radius 3 is 2.78 bits per heavy atom. The molecule has 2 rings (SSSR count). The van der Waals surface area contributed by atoms with E-state index in [-0.39, 0.29) is 12.5 Å². The van der Waals surface area contributed by atoms with Crippen LogP contribution < -0.4 is 10.9 Å². The second-order valence-corrected chi connectivity index (χ2v) is 3.96. The molecule has 1 heterocycles. The molecule has 0 bridgehead atoms. The van der Waals surface area contributed by atoms with Crippen LogP contribution >= 0.6 is 0 Å². The second kappa shape index (κ2) is 5.18. The van der Waals surface area contributed by atoms with Crippen LogP contribution in [0.25, 0.3) is 11.0 Å². The summed E-state index contributed by atoms with van der Waals surface area (Å²) < 4.78 is 5.52. The lowest BCUT2D eigenvalue weighted by atomic mass is 10.1. The molecule has 6 heteroatoms. The van der Waals surface area contributed by atoms with Crippen molar-refractivity contribution < 1.29 is 19.4 Å². The first-order valence-corrected chi connectivity index (χ1v) is 5.43. The number of fused-ring (bicyclic) bond motifs is 1. The van der Waals surface area contributed by atoms with Gasteiger partial charge in [-0.1, -0.05) is 12.1 Å². The maximum Gasteiger partial charge on any atom is 0.301 e. The molecular formula is C12H14N2O4. The lowest BCUT2D eigenvalue weighted by Crippen LogP contribution is -2.38. The molecular weight excluding hydrogens is 236 g/mol. The zero-order chi connectivity index (χ0) is 13.1. The highest BCUT2D eigenvalue weighted by atomic mass is 17.1. The van der Waals surface area contributed by atoms with Crippen molar-refractivity contribution in [2.45, 2.75) is 13.8 Å². The highest BCUT2D eigenvalue weighted by Crippen LogP contribution is 2.25. The van der Waals surface area contributed by atoms with Crippen molar-refractivity contribution in [1.82, 2.24) is 10.9 Å². The van der Waals surface area contributed by atoms with Gasteiger partial charge in [-0.2, -0.15) is 0 Å². The average Bonchev–Trinajstić information content (AvgIpc) is 2.80. The number of hydrazine groups is 1. The number of nitrogens with one attached hydrogen (secondary N) is 2. The lowest BCUT2D eigenvalue weighted by Gasteiger charge is -2.01. The number of aryl methyl sites for hydroxylation is 2. The zero-order valence-corrected chi connectivity index (χ0v) is 10.1. The van der Waals surface area contributed by atoms with Crippen LogP contribution in [-0.2, 0) is 4.89 Å². The number of carbonyl (C=O) groups excluding carboxylic acids is 1. The summed E-state index contributed by atoms with van der Waals surface area (Å²) in [5, 5.41) is 9.01. The third kappa shape index (κ3) is 2.35. The number of amides is 1. The molecule has 1 amide bonds. The van der Waals surface area contributed by atoms with Crippen LogP contribution in [0.5, 0.6) is 0 Å². The largest absolute Gasteiger partial charge is 0.451 e. The zero-order valence-electron chi connectivity index (χ0n) is 10.1. The van der Waals surface area contributed by atoms with Gasteiger partial charge in [-0.3, -0.25) is 15.5 Å². The monoisotopic (exact) mass is 250 g/mol. The predicted octanol–water partition coefficient (Wildman–Crippen LogP) is 1.73. The average molecular weight is 250 g/mol. The van der Waals surface area contributed by atoms with Gasteiger partial charge in [0.25, 0.3) is 0 Å². The molecule has 0 fully saturated rings. The number of benzene rings is 1. The molecule has 0 saturated heterocycles. The maximum absolute atomic E-state index is 11.7. The Balaban J connectivity index is 2.27. The first-order chi connectivity index (χ1) is 8.63. The van der Waals surface area contributed by atoms with E-state index in [2.05, 4.69) is 15.7 Å². The molecule has 2 aromatic rings. The molecule has 0 unspecified atom stereocenters. The molecule has 0 saturated carbocycles. The summed E-state index contributed by atoms with van der Waals surface area (Å²) >= 11 is 0. The predicted molar refractivity (Wildman–Crippen MR) is 64.9 cm³/mol. The standard InChI is InChI=1S/C12H14N2O4/c1-7-3-4-8(2)11-9(7)5-10(18-11)12(15)14-13-6-17-16/h3-5,13,16H,6H2,1-2H3,(H,14,15). The Morgan fingerprint density at radius 1 is 1.39 bits per heavy atom. The van der Waals surface area contributed by atoms with Gasteiger partial charge in [-0.25, -0.2) is 10.3 Å². The number of rotatable bonds is 4. The smallest absolute Gasteiger partial charge is 0.301 e. The van der Waals surface area contributed by atoms with E-state index < -0.39 is 5.91 Å². The Kier molecular flexibility index (Phi) is 3.61. The summed E-state index contributed by atoms with van der Waals surface area (Å²) in [6.07, 6.45) is 0. The Morgan fingerprint density at radius 2 is 2.11 bits per heavy atom. The normalized spacial score (nSPS) is 10.8.